The van der Waals surface area contributed by atoms with Crippen LogP contribution in [-0.2, 0) is 9.53 Å². The standard InChI is InChI=1S/C10H19NO.C2HF3O2/c1-7(2)6-12-10-8-3-4-9(10)11-5-8;3-2(4,5)1(6)7/h7-11H,3-6H2,1-2H3;(H,6,7). The Hall–Kier alpha value is -0.820. The normalized spacial score (nSPS) is 29.3. The quantitative estimate of drug-likeness (QED) is 0.832. The zero-order chi connectivity index (χ0) is 14.6. The van der Waals surface area contributed by atoms with Gasteiger partial charge < -0.3 is 15.2 Å². The minimum absolute atomic E-state index is 0.535. The van der Waals surface area contributed by atoms with Crippen LogP contribution in [0.1, 0.15) is 26.7 Å². The molecule has 0 aromatic heterocycles. The first-order valence-electron chi connectivity index (χ1n) is 6.37. The van der Waals surface area contributed by atoms with Crippen LogP contribution in [0.5, 0.6) is 0 Å². The van der Waals surface area contributed by atoms with E-state index in [1.165, 1.54) is 19.4 Å². The molecule has 19 heavy (non-hydrogen) atoms. The smallest absolute Gasteiger partial charge is 0.475 e. The Balaban J connectivity index is 0.000000224. The van der Waals surface area contributed by atoms with E-state index >= 15 is 0 Å². The van der Waals surface area contributed by atoms with Gasteiger partial charge in [0.25, 0.3) is 0 Å². The van der Waals surface area contributed by atoms with Gasteiger partial charge in [0.2, 0.25) is 0 Å². The monoisotopic (exact) mass is 283 g/mol. The van der Waals surface area contributed by atoms with Gasteiger partial charge in [0.1, 0.15) is 0 Å². The number of halogens is 3. The zero-order valence-electron chi connectivity index (χ0n) is 11.0. The summed E-state index contributed by atoms with van der Waals surface area (Å²) in [6, 6.07) is 0.675. The third kappa shape index (κ3) is 4.99. The first-order chi connectivity index (χ1) is 8.71. The number of alkyl halides is 3. The van der Waals surface area contributed by atoms with Crippen molar-refractivity contribution in [2.45, 2.75) is 45.0 Å². The van der Waals surface area contributed by atoms with Crippen LogP contribution in [0.3, 0.4) is 0 Å². The van der Waals surface area contributed by atoms with Gasteiger partial charge in [-0.15, -0.1) is 0 Å². The van der Waals surface area contributed by atoms with Gasteiger partial charge in [0.05, 0.1) is 6.10 Å². The average Bonchev–Trinajstić information content (AvgIpc) is 2.84. The van der Waals surface area contributed by atoms with Crippen LogP contribution in [0, 0.1) is 11.8 Å². The predicted octanol–water partition coefficient (Wildman–Crippen LogP) is 2.04. The lowest BCUT2D eigenvalue weighted by atomic mass is 10.1. The van der Waals surface area contributed by atoms with Crippen LogP contribution in [-0.4, -0.2) is 42.5 Å². The van der Waals surface area contributed by atoms with Crippen LogP contribution in [0.4, 0.5) is 13.2 Å². The van der Waals surface area contributed by atoms with Gasteiger partial charge in [-0.3, -0.25) is 0 Å². The maximum atomic E-state index is 10.6. The number of hydrogen-bond donors (Lipinski definition) is 2. The molecule has 112 valence electrons. The highest BCUT2D eigenvalue weighted by molar-refractivity contribution is 5.73. The summed E-state index contributed by atoms with van der Waals surface area (Å²) in [6.07, 6.45) is -1.85. The van der Waals surface area contributed by atoms with E-state index < -0.39 is 12.1 Å². The molecule has 3 atom stereocenters. The van der Waals surface area contributed by atoms with E-state index in [2.05, 4.69) is 19.2 Å². The molecule has 4 nitrogen and oxygen atoms in total. The zero-order valence-corrected chi connectivity index (χ0v) is 11.0. The topological polar surface area (TPSA) is 58.6 Å². The summed E-state index contributed by atoms with van der Waals surface area (Å²) in [5.74, 6) is -1.27. The molecule has 2 fully saturated rings. The molecular formula is C12H20F3NO3. The number of fused-ring (bicyclic) bond motifs is 2. The van der Waals surface area contributed by atoms with E-state index in [9.17, 15) is 13.2 Å². The number of nitrogens with one attached hydrogen (secondary N) is 1. The van der Waals surface area contributed by atoms with Gasteiger partial charge in [-0.1, -0.05) is 13.8 Å². The van der Waals surface area contributed by atoms with E-state index in [4.69, 9.17) is 14.6 Å². The minimum Gasteiger partial charge on any atom is -0.475 e. The summed E-state index contributed by atoms with van der Waals surface area (Å²) in [7, 11) is 0. The molecule has 0 aromatic carbocycles. The summed E-state index contributed by atoms with van der Waals surface area (Å²) in [5, 5.41) is 10.6. The van der Waals surface area contributed by atoms with Gasteiger partial charge in [-0.2, -0.15) is 13.2 Å². The van der Waals surface area contributed by atoms with Gasteiger partial charge in [0.15, 0.2) is 0 Å². The van der Waals surface area contributed by atoms with Gasteiger partial charge in [0, 0.05) is 19.2 Å². The van der Waals surface area contributed by atoms with Gasteiger partial charge >= 0.3 is 12.1 Å². The van der Waals surface area contributed by atoms with Crippen molar-refractivity contribution in [3.8, 4) is 0 Å². The summed E-state index contributed by atoms with van der Waals surface area (Å²) < 4.78 is 37.6. The van der Waals surface area contributed by atoms with Gasteiger partial charge in [-0.25, -0.2) is 4.79 Å². The number of hydrogen-bond acceptors (Lipinski definition) is 3. The number of carbonyl (C=O) groups is 1. The second kappa shape index (κ2) is 6.56. The Morgan fingerprint density at radius 2 is 2.00 bits per heavy atom. The molecule has 3 unspecified atom stereocenters. The third-order valence-electron chi connectivity index (χ3n) is 3.22. The van der Waals surface area contributed by atoms with Crippen LogP contribution >= 0.6 is 0 Å². The minimum atomic E-state index is -5.08. The Morgan fingerprint density at radius 1 is 1.42 bits per heavy atom. The van der Waals surface area contributed by atoms with Crippen molar-refractivity contribution in [2.75, 3.05) is 13.2 Å². The summed E-state index contributed by atoms with van der Waals surface area (Å²) in [5.41, 5.74) is 0. The van der Waals surface area contributed by atoms with E-state index in [1.54, 1.807) is 0 Å². The van der Waals surface area contributed by atoms with Crippen molar-refractivity contribution in [2.24, 2.45) is 11.8 Å². The number of rotatable bonds is 3. The molecule has 1 aliphatic heterocycles. The molecule has 0 radical (unpaired) electrons. The van der Waals surface area contributed by atoms with Crippen LogP contribution < -0.4 is 5.32 Å². The highest BCUT2D eigenvalue weighted by Crippen LogP contribution is 2.33. The molecule has 0 spiro atoms. The summed E-state index contributed by atoms with van der Waals surface area (Å²) in [4.78, 5) is 8.90. The average molecular weight is 283 g/mol. The van der Waals surface area contributed by atoms with Crippen molar-refractivity contribution in [1.82, 2.24) is 5.32 Å². The lowest BCUT2D eigenvalue weighted by Crippen LogP contribution is -2.30. The molecule has 1 aliphatic carbocycles. The van der Waals surface area contributed by atoms with Crippen LogP contribution in [0.2, 0.25) is 0 Å². The number of piperidine rings is 1. The Bertz CT molecular complexity index is 287. The first-order valence-corrected chi connectivity index (χ1v) is 6.37. The molecule has 1 saturated carbocycles. The largest absolute Gasteiger partial charge is 0.490 e. The molecule has 2 bridgehead atoms. The fraction of sp³-hybridized carbons (Fsp3) is 0.917. The lowest BCUT2D eigenvalue weighted by Gasteiger charge is -2.17. The van der Waals surface area contributed by atoms with E-state index in [0.29, 0.717) is 18.1 Å². The van der Waals surface area contributed by atoms with E-state index in [-0.39, 0.29) is 0 Å². The molecule has 1 heterocycles. The van der Waals surface area contributed by atoms with Crippen molar-refractivity contribution in [3.63, 3.8) is 0 Å². The van der Waals surface area contributed by atoms with Crippen LogP contribution in [0.25, 0.3) is 0 Å². The Kier molecular flexibility index (Phi) is 5.61. The van der Waals surface area contributed by atoms with Crippen molar-refractivity contribution >= 4 is 5.97 Å². The number of carboxylic acids is 1. The molecule has 7 heteroatoms. The fourth-order valence-electron chi connectivity index (χ4n) is 2.35. The highest BCUT2D eigenvalue weighted by Gasteiger charge is 2.42. The summed E-state index contributed by atoms with van der Waals surface area (Å²) >= 11 is 0. The number of ether oxygens (including phenoxy) is 1. The number of carboxylic acid groups (broad SMARTS) is 1. The maximum Gasteiger partial charge on any atom is 0.490 e. The molecular weight excluding hydrogens is 263 g/mol. The highest BCUT2D eigenvalue weighted by atomic mass is 19.4. The summed E-state index contributed by atoms with van der Waals surface area (Å²) in [6.45, 7) is 6.54. The Labute approximate surface area is 110 Å². The number of aliphatic carboxylic acids is 1. The molecule has 0 aromatic rings. The first kappa shape index (κ1) is 16.2. The second-order valence-electron chi connectivity index (χ2n) is 5.35. The molecule has 2 aliphatic rings. The SMILES string of the molecule is CC(C)COC1C2CCC1NC2.O=C(O)C(F)(F)F. The van der Waals surface area contributed by atoms with Crippen LogP contribution in [0.15, 0.2) is 0 Å². The predicted molar refractivity (Wildman–Crippen MR) is 62.8 cm³/mol. The molecule has 2 N–H and O–H groups in total. The van der Waals surface area contributed by atoms with Crippen molar-refractivity contribution in [3.05, 3.63) is 0 Å². The van der Waals surface area contributed by atoms with E-state index in [0.717, 1.165) is 12.5 Å². The fourth-order valence-corrected chi connectivity index (χ4v) is 2.35. The lowest BCUT2D eigenvalue weighted by molar-refractivity contribution is -0.192. The van der Waals surface area contributed by atoms with E-state index in [1.807, 2.05) is 0 Å². The maximum absolute atomic E-state index is 10.6. The van der Waals surface area contributed by atoms with Crippen molar-refractivity contribution < 1.29 is 27.8 Å². The Morgan fingerprint density at radius 3 is 2.26 bits per heavy atom. The van der Waals surface area contributed by atoms with Gasteiger partial charge in [-0.05, 0) is 24.7 Å². The second-order valence-corrected chi connectivity index (χ2v) is 5.35. The molecule has 2 rings (SSSR count). The molecule has 0 amide bonds. The van der Waals surface area contributed by atoms with Crippen molar-refractivity contribution in [1.29, 1.82) is 0 Å². The molecule has 1 saturated heterocycles. The third-order valence-corrected chi connectivity index (χ3v) is 3.22.